The third-order valence-corrected chi connectivity index (χ3v) is 4.28. The molecule has 110 valence electrons. The Morgan fingerprint density at radius 1 is 1.30 bits per heavy atom. The molecule has 2 rings (SSSR count). The standard InChI is InChI=1S/C16H24N2O2/c1-16(2,3)14-5-4-10-17(12-14)11-13-6-8-15(9-7-13)18(19)20/h6-9,14H,4-5,10-12H2,1-3H3. The summed E-state index contributed by atoms with van der Waals surface area (Å²) in [6, 6.07) is 6.94. The van der Waals surface area contributed by atoms with Crippen molar-refractivity contribution in [1.29, 1.82) is 0 Å². The van der Waals surface area contributed by atoms with Crippen LogP contribution in [0.15, 0.2) is 24.3 Å². The minimum Gasteiger partial charge on any atom is -0.299 e. The number of non-ortho nitro benzene ring substituents is 1. The van der Waals surface area contributed by atoms with Crippen LogP contribution in [-0.4, -0.2) is 22.9 Å². The topological polar surface area (TPSA) is 46.4 Å². The molecule has 0 radical (unpaired) electrons. The first-order valence-electron chi connectivity index (χ1n) is 7.32. The van der Waals surface area contributed by atoms with Crippen LogP contribution in [0, 0.1) is 21.4 Å². The van der Waals surface area contributed by atoms with Crippen molar-refractivity contribution in [1.82, 2.24) is 4.90 Å². The van der Waals surface area contributed by atoms with E-state index in [0.717, 1.165) is 31.1 Å². The molecular formula is C16H24N2O2. The van der Waals surface area contributed by atoms with Crippen molar-refractivity contribution in [3.63, 3.8) is 0 Å². The predicted octanol–water partition coefficient (Wildman–Crippen LogP) is 3.85. The number of likely N-dealkylation sites (tertiary alicyclic amines) is 1. The van der Waals surface area contributed by atoms with Gasteiger partial charge >= 0.3 is 0 Å². The predicted molar refractivity (Wildman–Crippen MR) is 80.6 cm³/mol. The van der Waals surface area contributed by atoms with Crippen molar-refractivity contribution in [2.75, 3.05) is 13.1 Å². The number of benzene rings is 1. The highest BCUT2D eigenvalue weighted by Crippen LogP contribution is 2.33. The molecule has 1 aliphatic heterocycles. The molecule has 4 heteroatoms. The summed E-state index contributed by atoms with van der Waals surface area (Å²) in [5.41, 5.74) is 1.68. The molecule has 4 nitrogen and oxygen atoms in total. The zero-order chi connectivity index (χ0) is 14.8. The maximum Gasteiger partial charge on any atom is 0.269 e. The molecule has 1 unspecified atom stereocenters. The lowest BCUT2D eigenvalue weighted by molar-refractivity contribution is -0.384. The summed E-state index contributed by atoms with van der Waals surface area (Å²) in [7, 11) is 0. The summed E-state index contributed by atoms with van der Waals surface area (Å²) in [4.78, 5) is 12.8. The van der Waals surface area contributed by atoms with Gasteiger partial charge in [-0.25, -0.2) is 0 Å². The quantitative estimate of drug-likeness (QED) is 0.622. The molecule has 1 atom stereocenters. The number of hydrogen-bond acceptors (Lipinski definition) is 3. The monoisotopic (exact) mass is 276 g/mol. The smallest absolute Gasteiger partial charge is 0.269 e. The zero-order valence-electron chi connectivity index (χ0n) is 12.6. The van der Waals surface area contributed by atoms with E-state index < -0.39 is 0 Å². The van der Waals surface area contributed by atoms with Crippen LogP contribution in [0.4, 0.5) is 5.69 Å². The first-order chi connectivity index (χ1) is 9.36. The number of rotatable bonds is 3. The largest absolute Gasteiger partial charge is 0.299 e. The average Bonchev–Trinajstić information content (AvgIpc) is 2.38. The van der Waals surface area contributed by atoms with Gasteiger partial charge in [-0.1, -0.05) is 32.9 Å². The SMILES string of the molecule is CC(C)(C)C1CCCN(Cc2ccc([N+](=O)[O-])cc2)C1. The van der Waals surface area contributed by atoms with Gasteiger partial charge in [0.2, 0.25) is 0 Å². The second-order valence-electron chi connectivity index (χ2n) is 6.86. The third kappa shape index (κ3) is 3.79. The van der Waals surface area contributed by atoms with Gasteiger partial charge in [-0.3, -0.25) is 15.0 Å². The minimum atomic E-state index is -0.347. The Bertz CT molecular complexity index is 462. The molecule has 1 aromatic rings. The van der Waals surface area contributed by atoms with E-state index in [2.05, 4.69) is 25.7 Å². The molecule has 0 saturated carbocycles. The maximum atomic E-state index is 10.7. The molecular weight excluding hydrogens is 252 g/mol. The summed E-state index contributed by atoms with van der Waals surface area (Å²) in [6.45, 7) is 10.1. The van der Waals surface area contributed by atoms with E-state index in [1.165, 1.54) is 12.8 Å². The number of nitro groups is 1. The Hall–Kier alpha value is -1.42. The summed E-state index contributed by atoms with van der Waals surface area (Å²) in [5, 5.41) is 10.7. The van der Waals surface area contributed by atoms with Crippen LogP contribution in [-0.2, 0) is 6.54 Å². The van der Waals surface area contributed by atoms with Crippen LogP contribution < -0.4 is 0 Å². The van der Waals surface area contributed by atoms with E-state index >= 15 is 0 Å². The highest BCUT2D eigenvalue weighted by molar-refractivity contribution is 5.32. The van der Waals surface area contributed by atoms with Gasteiger partial charge in [0.15, 0.2) is 0 Å². The number of piperidine rings is 1. The Morgan fingerprint density at radius 3 is 2.50 bits per heavy atom. The Labute approximate surface area is 120 Å². The number of nitrogens with zero attached hydrogens (tertiary/aromatic N) is 2. The van der Waals surface area contributed by atoms with Crippen molar-refractivity contribution in [2.45, 2.75) is 40.2 Å². The van der Waals surface area contributed by atoms with Crippen molar-refractivity contribution in [2.24, 2.45) is 11.3 Å². The molecule has 20 heavy (non-hydrogen) atoms. The summed E-state index contributed by atoms with van der Waals surface area (Å²) < 4.78 is 0. The molecule has 1 saturated heterocycles. The second kappa shape index (κ2) is 5.92. The van der Waals surface area contributed by atoms with E-state index in [-0.39, 0.29) is 10.6 Å². The molecule has 0 aliphatic carbocycles. The average molecular weight is 276 g/mol. The molecule has 0 aromatic heterocycles. The van der Waals surface area contributed by atoms with Gasteiger partial charge in [0.05, 0.1) is 4.92 Å². The summed E-state index contributed by atoms with van der Waals surface area (Å²) >= 11 is 0. The second-order valence-corrected chi connectivity index (χ2v) is 6.86. The van der Waals surface area contributed by atoms with E-state index in [4.69, 9.17) is 0 Å². The summed E-state index contributed by atoms with van der Waals surface area (Å²) in [5.74, 6) is 0.731. The lowest BCUT2D eigenvalue weighted by Gasteiger charge is -2.39. The Balaban J connectivity index is 1.97. The first-order valence-corrected chi connectivity index (χ1v) is 7.32. The van der Waals surface area contributed by atoms with Crippen molar-refractivity contribution in [3.8, 4) is 0 Å². The van der Waals surface area contributed by atoms with Crippen LogP contribution in [0.25, 0.3) is 0 Å². The van der Waals surface area contributed by atoms with Crippen LogP contribution in [0.2, 0.25) is 0 Å². The molecule has 1 heterocycles. The highest BCUT2D eigenvalue weighted by atomic mass is 16.6. The van der Waals surface area contributed by atoms with Gasteiger partial charge in [0, 0.05) is 25.2 Å². The number of nitro benzene ring substituents is 1. The fraction of sp³-hybridized carbons (Fsp3) is 0.625. The van der Waals surface area contributed by atoms with Crippen LogP contribution in [0.1, 0.15) is 39.2 Å². The van der Waals surface area contributed by atoms with Gasteiger partial charge in [-0.05, 0) is 36.3 Å². The Morgan fingerprint density at radius 2 is 1.95 bits per heavy atom. The van der Waals surface area contributed by atoms with Crippen molar-refractivity contribution >= 4 is 5.69 Å². The van der Waals surface area contributed by atoms with Gasteiger partial charge in [-0.15, -0.1) is 0 Å². The Kier molecular flexibility index (Phi) is 4.43. The minimum absolute atomic E-state index is 0.167. The van der Waals surface area contributed by atoms with Crippen molar-refractivity contribution < 1.29 is 4.92 Å². The lowest BCUT2D eigenvalue weighted by atomic mass is 9.76. The molecule has 1 fully saturated rings. The van der Waals surface area contributed by atoms with E-state index in [1.807, 2.05) is 12.1 Å². The van der Waals surface area contributed by atoms with Gasteiger partial charge in [0.25, 0.3) is 5.69 Å². The fourth-order valence-corrected chi connectivity index (χ4v) is 2.89. The number of hydrogen-bond donors (Lipinski definition) is 0. The van der Waals surface area contributed by atoms with Crippen LogP contribution >= 0.6 is 0 Å². The molecule has 1 aromatic carbocycles. The summed E-state index contributed by atoms with van der Waals surface area (Å²) in [6.07, 6.45) is 2.55. The van der Waals surface area contributed by atoms with E-state index in [9.17, 15) is 10.1 Å². The van der Waals surface area contributed by atoms with Gasteiger partial charge < -0.3 is 0 Å². The van der Waals surface area contributed by atoms with Crippen molar-refractivity contribution in [3.05, 3.63) is 39.9 Å². The van der Waals surface area contributed by atoms with Crippen LogP contribution in [0.3, 0.4) is 0 Å². The van der Waals surface area contributed by atoms with Gasteiger partial charge in [0.1, 0.15) is 0 Å². The molecule has 0 spiro atoms. The van der Waals surface area contributed by atoms with E-state index in [1.54, 1.807) is 12.1 Å². The van der Waals surface area contributed by atoms with Crippen LogP contribution in [0.5, 0.6) is 0 Å². The lowest BCUT2D eigenvalue weighted by Crippen LogP contribution is -2.40. The fourth-order valence-electron chi connectivity index (χ4n) is 2.89. The maximum absolute atomic E-state index is 10.7. The highest BCUT2D eigenvalue weighted by Gasteiger charge is 2.29. The van der Waals surface area contributed by atoms with E-state index in [0.29, 0.717) is 5.41 Å². The zero-order valence-corrected chi connectivity index (χ0v) is 12.6. The normalized spacial score (nSPS) is 20.9. The molecule has 0 N–H and O–H groups in total. The molecule has 0 amide bonds. The molecule has 0 bridgehead atoms. The third-order valence-electron chi connectivity index (χ3n) is 4.28. The molecule has 1 aliphatic rings. The van der Waals surface area contributed by atoms with Gasteiger partial charge in [-0.2, -0.15) is 0 Å². The first kappa shape index (κ1) is 15.0.